The Bertz CT molecular complexity index is 355. The van der Waals surface area contributed by atoms with Crippen molar-refractivity contribution in [3.8, 4) is 0 Å². The molecule has 0 aromatic carbocycles. The number of rotatable bonds is 5. The third-order valence-electron chi connectivity index (χ3n) is 4.22. The molecule has 1 fully saturated rings. The second kappa shape index (κ2) is 6.57. The fraction of sp³-hybridized carbons (Fsp3) is 0.867. The van der Waals surface area contributed by atoms with Crippen molar-refractivity contribution in [3.63, 3.8) is 0 Å². The lowest BCUT2D eigenvalue weighted by molar-refractivity contribution is -0.139. The Morgan fingerprint density at radius 3 is 2.25 bits per heavy atom. The first-order valence-corrected chi connectivity index (χ1v) is 7.43. The third-order valence-corrected chi connectivity index (χ3v) is 4.22. The SMILES string of the molecule is CC(C)(C)C(N)CC(=O)NC1(CC(=O)O)CCCCC1. The molecule has 0 radical (unpaired) electrons. The number of hydrogen-bond acceptors (Lipinski definition) is 3. The molecule has 20 heavy (non-hydrogen) atoms. The van der Waals surface area contributed by atoms with Crippen molar-refractivity contribution in [2.75, 3.05) is 0 Å². The van der Waals surface area contributed by atoms with Gasteiger partial charge in [0.25, 0.3) is 0 Å². The lowest BCUT2D eigenvalue weighted by Gasteiger charge is -2.38. The molecule has 1 amide bonds. The van der Waals surface area contributed by atoms with Gasteiger partial charge in [0.2, 0.25) is 5.91 Å². The Labute approximate surface area is 121 Å². The number of nitrogens with two attached hydrogens (primary N) is 1. The number of carboxylic acid groups (broad SMARTS) is 1. The molecule has 0 aromatic heterocycles. The second-order valence-corrected chi connectivity index (χ2v) is 7.14. The van der Waals surface area contributed by atoms with E-state index in [9.17, 15) is 9.59 Å². The van der Waals surface area contributed by atoms with Gasteiger partial charge >= 0.3 is 5.97 Å². The lowest BCUT2D eigenvalue weighted by atomic mass is 9.78. The van der Waals surface area contributed by atoms with Crippen LogP contribution in [0.1, 0.15) is 65.7 Å². The number of nitrogens with one attached hydrogen (secondary N) is 1. The van der Waals surface area contributed by atoms with E-state index in [-0.39, 0.29) is 30.2 Å². The third kappa shape index (κ3) is 5.12. The van der Waals surface area contributed by atoms with Gasteiger partial charge < -0.3 is 16.2 Å². The van der Waals surface area contributed by atoms with Crippen LogP contribution >= 0.6 is 0 Å². The van der Waals surface area contributed by atoms with Gasteiger partial charge in [-0.15, -0.1) is 0 Å². The smallest absolute Gasteiger partial charge is 0.305 e. The summed E-state index contributed by atoms with van der Waals surface area (Å²) in [4.78, 5) is 23.2. The molecule has 4 N–H and O–H groups in total. The molecular weight excluding hydrogens is 256 g/mol. The van der Waals surface area contributed by atoms with Crippen molar-refractivity contribution in [3.05, 3.63) is 0 Å². The number of amides is 1. The Kier molecular flexibility index (Phi) is 5.57. The number of carboxylic acids is 1. The maximum atomic E-state index is 12.2. The van der Waals surface area contributed by atoms with Gasteiger partial charge in [0, 0.05) is 12.5 Å². The Balaban J connectivity index is 2.65. The zero-order valence-corrected chi connectivity index (χ0v) is 12.9. The molecule has 5 nitrogen and oxygen atoms in total. The predicted molar refractivity (Wildman–Crippen MR) is 78.3 cm³/mol. The van der Waals surface area contributed by atoms with E-state index in [2.05, 4.69) is 5.32 Å². The summed E-state index contributed by atoms with van der Waals surface area (Å²) in [5.41, 5.74) is 5.32. The van der Waals surface area contributed by atoms with Crippen LogP contribution in [0.2, 0.25) is 0 Å². The van der Waals surface area contributed by atoms with Crippen LogP contribution in [0, 0.1) is 5.41 Å². The maximum absolute atomic E-state index is 12.2. The van der Waals surface area contributed by atoms with E-state index in [0.29, 0.717) is 0 Å². The lowest BCUT2D eigenvalue weighted by Crippen LogP contribution is -2.52. The van der Waals surface area contributed by atoms with E-state index in [4.69, 9.17) is 10.8 Å². The van der Waals surface area contributed by atoms with Crippen molar-refractivity contribution >= 4 is 11.9 Å². The van der Waals surface area contributed by atoms with Crippen LogP contribution < -0.4 is 11.1 Å². The summed E-state index contributed by atoms with van der Waals surface area (Å²) in [6.45, 7) is 6.00. The largest absolute Gasteiger partial charge is 0.481 e. The van der Waals surface area contributed by atoms with Crippen molar-refractivity contribution < 1.29 is 14.7 Å². The highest BCUT2D eigenvalue weighted by molar-refractivity contribution is 5.79. The summed E-state index contributed by atoms with van der Waals surface area (Å²) in [6.07, 6.45) is 4.79. The van der Waals surface area contributed by atoms with Crippen molar-refractivity contribution in [2.24, 2.45) is 11.1 Å². The molecule has 5 heteroatoms. The average molecular weight is 284 g/mol. The maximum Gasteiger partial charge on any atom is 0.305 e. The molecule has 1 aliphatic carbocycles. The zero-order chi connectivity index (χ0) is 15.4. The van der Waals surface area contributed by atoms with Crippen LogP contribution in [0.5, 0.6) is 0 Å². The first-order valence-electron chi connectivity index (χ1n) is 7.43. The van der Waals surface area contributed by atoms with Crippen LogP contribution in [-0.4, -0.2) is 28.6 Å². The Morgan fingerprint density at radius 1 is 1.25 bits per heavy atom. The molecule has 1 atom stereocenters. The van der Waals surface area contributed by atoms with Gasteiger partial charge in [0.05, 0.1) is 12.0 Å². The van der Waals surface area contributed by atoms with E-state index < -0.39 is 11.5 Å². The van der Waals surface area contributed by atoms with Crippen LogP contribution in [0.15, 0.2) is 0 Å². The fourth-order valence-electron chi connectivity index (χ4n) is 2.72. The number of hydrogen-bond donors (Lipinski definition) is 3. The summed E-state index contributed by atoms with van der Waals surface area (Å²) >= 11 is 0. The molecule has 0 aliphatic heterocycles. The minimum atomic E-state index is -0.854. The van der Waals surface area contributed by atoms with E-state index in [1.54, 1.807) is 0 Å². The highest BCUT2D eigenvalue weighted by atomic mass is 16.4. The highest BCUT2D eigenvalue weighted by Gasteiger charge is 2.36. The van der Waals surface area contributed by atoms with Crippen LogP contribution in [0.4, 0.5) is 0 Å². The molecule has 1 aliphatic rings. The van der Waals surface area contributed by atoms with Crippen molar-refractivity contribution in [1.82, 2.24) is 5.32 Å². The summed E-state index contributed by atoms with van der Waals surface area (Å²) in [7, 11) is 0. The van der Waals surface area contributed by atoms with Gasteiger partial charge in [-0.05, 0) is 18.3 Å². The van der Waals surface area contributed by atoms with Crippen LogP contribution in [0.3, 0.4) is 0 Å². The number of carbonyl (C=O) groups excluding carboxylic acids is 1. The monoisotopic (exact) mass is 284 g/mol. The molecule has 1 unspecified atom stereocenters. The molecule has 0 spiro atoms. The first-order chi connectivity index (χ1) is 9.15. The Hall–Kier alpha value is -1.10. The van der Waals surface area contributed by atoms with Gasteiger partial charge in [0.15, 0.2) is 0 Å². The molecule has 1 saturated carbocycles. The quantitative estimate of drug-likeness (QED) is 0.720. The minimum Gasteiger partial charge on any atom is -0.481 e. The number of carbonyl (C=O) groups is 2. The van der Waals surface area contributed by atoms with E-state index in [1.165, 1.54) is 0 Å². The summed E-state index contributed by atoms with van der Waals surface area (Å²) in [5, 5.41) is 12.0. The normalized spacial score (nSPS) is 20.2. The molecular formula is C15H28N2O3. The fourth-order valence-corrected chi connectivity index (χ4v) is 2.72. The van der Waals surface area contributed by atoms with Gasteiger partial charge in [-0.3, -0.25) is 9.59 Å². The molecule has 0 heterocycles. The van der Waals surface area contributed by atoms with E-state index in [0.717, 1.165) is 32.1 Å². The minimum absolute atomic E-state index is 0.00347. The van der Waals surface area contributed by atoms with Gasteiger partial charge in [0.1, 0.15) is 0 Å². The molecule has 0 aromatic rings. The first kappa shape index (κ1) is 17.0. The van der Waals surface area contributed by atoms with Gasteiger partial charge in [-0.25, -0.2) is 0 Å². The highest BCUT2D eigenvalue weighted by Crippen LogP contribution is 2.31. The standard InChI is InChI=1S/C15H28N2O3/c1-14(2,3)11(16)9-12(18)17-15(10-13(19)20)7-5-4-6-8-15/h11H,4-10,16H2,1-3H3,(H,17,18)(H,19,20). The van der Waals surface area contributed by atoms with Crippen molar-refractivity contribution in [2.45, 2.75) is 77.3 Å². The summed E-state index contributed by atoms with van der Waals surface area (Å²) in [5.74, 6) is -0.983. The topological polar surface area (TPSA) is 92.4 Å². The average Bonchev–Trinajstić information content (AvgIpc) is 2.26. The van der Waals surface area contributed by atoms with Crippen molar-refractivity contribution in [1.29, 1.82) is 0 Å². The Morgan fingerprint density at radius 2 is 1.80 bits per heavy atom. The summed E-state index contributed by atoms with van der Waals surface area (Å²) < 4.78 is 0. The van der Waals surface area contributed by atoms with E-state index >= 15 is 0 Å². The molecule has 0 saturated heterocycles. The molecule has 1 rings (SSSR count). The predicted octanol–water partition coefficient (Wildman–Crippen LogP) is 2.04. The zero-order valence-electron chi connectivity index (χ0n) is 12.9. The molecule has 116 valence electrons. The number of aliphatic carboxylic acids is 1. The molecule has 0 bridgehead atoms. The second-order valence-electron chi connectivity index (χ2n) is 7.14. The van der Waals surface area contributed by atoms with Crippen LogP contribution in [0.25, 0.3) is 0 Å². The van der Waals surface area contributed by atoms with Gasteiger partial charge in [-0.2, -0.15) is 0 Å². The van der Waals surface area contributed by atoms with E-state index in [1.807, 2.05) is 20.8 Å². The van der Waals surface area contributed by atoms with Crippen LogP contribution in [-0.2, 0) is 9.59 Å². The summed E-state index contributed by atoms with van der Waals surface area (Å²) in [6, 6.07) is -0.229. The van der Waals surface area contributed by atoms with Gasteiger partial charge in [-0.1, -0.05) is 40.0 Å².